The summed E-state index contributed by atoms with van der Waals surface area (Å²) in [5.41, 5.74) is 1.18. The van der Waals surface area contributed by atoms with E-state index in [1.165, 1.54) is 11.9 Å². The average Bonchev–Trinajstić information content (AvgIpc) is 2.40. The van der Waals surface area contributed by atoms with Gasteiger partial charge in [0.15, 0.2) is 0 Å². The molecule has 94 valence electrons. The zero-order chi connectivity index (χ0) is 13.0. The highest BCUT2D eigenvalue weighted by Crippen LogP contribution is 2.17. The minimum absolute atomic E-state index is 0.138. The second kappa shape index (κ2) is 5.73. The fourth-order valence-electron chi connectivity index (χ4n) is 1.62. The molecule has 18 heavy (non-hydrogen) atoms. The normalized spacial score (nSPS) is 13.9. The quantitative estimate of drug-likeness (QED) is 0.859. The summed E-state index contributed by atoms with van der Waals surface area (Å²) >= 11 is 0. The molecule has 1 aromatic heterocycles. The second-order valence-corrected chi connectivity index (χ2v) is 5.30. The molecule has 1 unspecified atom stereocenters. The lowest BCUT2D eigenvalue weighted by Gasteiger charge is -2.14. The van der Waals surface area contributed by atoms with Crippen LogP contribution in [0.2, 0.25) is 0 Å². The van der Waals surface area contributed by atoms with Crippen molar-refractivity contribution >= 4 is 16.6 Å². The summed E-state index contributed by atoms with van der Waals surface area (Å²) < 4.78 is 11.3. The van der Waals surface area contributed by atoms with Crippen LogP contribution in [0.4, 0.5) is 5.82 Å². The van der Waals surface area contributed by atoms with Crippen LogP contribution < -0.4 is 5.32 Å². The zero-order valence-electron chi connectivity index (χ0n) is 10.3. The van der Waals surface area contributed by atoms with Gasteiger partial charge < -0.3 is 5.32 Å². The Hall–Kier alpha value is -1.75. The lowest BCUT2D eigenvalue weighted by Crippen LogP contribution is -2.08. The summed E-state index contributed by atoms with van der Waals surface area (Å²) in [5, 5.41) is 3.80. The van der Waals surface area contributed by atoms with Crippen molar-refractivity contribution in [2.75, 3.05) is 11.6 Å². The van der Waals surface area contributed by atoms with Gasteiger partial charge in [0.1, 0.15) is 17.2 Å². The largest absolute Gasteiger partial charge is 0.363 e. The number of nitrogens with one attached hydrogen (secondary N) is 1. The van der Waals surface area contributed by atoms with Crippen LogP contribution in [-0.4, -0.2) is 20.4 Å². The van der Waals surface area contributed by atoms with Crippen molar-refractivity contribution in [1.82, 2.24) is 9.97 Å². The van der Waals surface area contributed by atoms with Crippen molar-refractivity contribution in [2.24, 2.45) is 0 Å². The van der Waals surface area contributed by atoms with Crippen LogP contribution in [0.5, 0.6) is 0 Å². The molecule has 0 bridgehead atoms. The molecular formula is C13H15N3OS. The predicted octanol–water partition coefficient (Wildman–Crippen LogP) is 2.39. The standard InChI is InChI=1S/C13H15N3OS/c1-10(11-6-4-3-5-7-11)16-12-8-13(18(2)17)15-9-14-12/h3-10H,1-2H3,(H,14,15,16)/t10-,18?/m1/s1. The number of nitrogens with zero attached hydrogens (tertiary/aromatic N) is 2. The molecule has 0 saturated carbocycles. The summed E-state index contributed by atoms with van der Waals surface area (Å²) in [7, 11) is -1.09. The Labute approximate surface area is 109 Å². The van der Waals surface area contributed by atoms with E-state index >= 15 is 0 Å². The average molecular weight is 261 g/mol. The molecule has 0 spiro atoms. The fourth-order valence-corrected chi connectivity index (χ4v) is 2.10. The highest BCUT2D eigenvalue weighted by molar-refractivity contribution is 7.84. The number of anilines is 1. The molecule has 2 rings (SSSR count). The Morgan fingerprint density at radius 3 is 2.61 bits per heavy atom. The Kier molecular flexibility index (Phi) is 4.04. The Morgan fingerprint density at radius 2 is 1.94 bits per heavy atom. The molecular weight excluding hydrogens is 246 g/mol. The van der Waals surface area contributed by atoms with Crippen molar-refractivity contribution in [3.05, 3.63) is 48.3 Å². The van der Waals surface area contributed by atoms with Gasteiger partial charge in [-0.15, -0.1) is 0 Å². The van der Waals surface area contributed by atoms with Gasteiger partial charge in [-0.1, -0.05) is 30.3 Å². The number of benzene rings is 1. The van der Waals surface area contributed by atoms with Gasteiger partial charge in [0.2, 0.25) is 0 Å². The number of aromatic nitrogens is 2. The molecule has 2 atom stereocenters. The van der Waals surface area contributed by atoms with Crippen molar-refractivity contribution in [3.8, 4) is 0 Å². The summed E-state index contributed by atoms with van der Waals surface area (Å²) in [4.78, 5) is 8.10. The van der Waals surface area contributed by atoms with Gasteiger partial charge >= 0.3 is 0 Å². The number of hydrogen-bond acceptors (Lipinski definition) is 4. The van der Waals surface area contributed by atoms with Crippen LogP contribution in [0.25, 0.3) is 0 Å². The molecule has 1 aromatic carbocycles. The smallest absolute Gasteiger partial charge is 0.132 e. The lowest BCUT2D eigenvalue weighted by atomic mass is 10.1. The molecule has 2 aromatic rings. The summed E-state index contributed by atoms with van der Waals surface area (Å²) in [6.45, 7) is 2.06. The zero-order valence-corrected chi connectivity index (χ0v) is 11.1. The summed E-state index contributed by atoms with van der Waals surface area (Å²) in [6, 6.07) is 11.9. The van der Waals surface area contributed by atoms with Gasteiger partial charge in [-0.3, -0.25) is 4.21 Å². The van der Waals surface area contributed by atoms with Gasteiger partial charge in [-0.05, 0) is 12.5 Å². The SMILES string of the molecule is C[C@@H](Nc1cc(S(C)=O)ncn1)c1ccccc1. The third-order valence-corrected chi connectivity index (χ3v) is 3.41. The predicted molar refractivity (Wildman–Crippen MR) is 72.8 cm³/mol. The van der Waals surface area contributed by atoms with Crippen LogP contribution >= 0.6 is 0 Å². The van der Waals surface area contributed by atoms with E-state index in [1.807, 2.05) is 18.2 Å². The van der Waals surface area contributed by atoms with Crippen LogP contribution in [-0.2, 0) is 10.8 Å². The van der Waals surface area contributed by atoms with E-state index in [9.17, 15) is 4.21 Å². The molecule has 0 radical (unpaired) electrons. The van der Waals surface area contributed by atoms with Gasteiger partial charge in [-0.2, -0.15) is 0 Å². The molecule has 0 aliphatic heterocycles. The number of rotatable bonds is 4. The Balaban J connectivity index is 2.14. The highest BCUT2D eigenvalue weighted by atomic mass is 32.2. The van der Waals surface area contributed by atoms with Crippen molar-refractivity contribution in [2.45, 2.75) is 18.0 Å². The van der Waals surface area contributed by atoms with E-state index in [0.717, 1.165) is 0 Å². The third kappa shape index (κ3) is 3.13. The van der Waals surface area contributed by atoms with E-state index < -0.39 is 10.8 Å². The molecule has 0 aliphatic carbocycles. The van der Waals surface area contributed by atoms with E-state index in [0.29, 0.717) is 10.8 Å². The first kappa shape index (κ1) is 12.7. The number of hydrogen-bond donors (Lipinski definition) is 1. The van der Waals surface area contributed by atoms with E-state index in [-0.39, 0.29) is 6.04 Å². The van der Waals surface area contributed by atoms with E-state index in [1.54, 1.807) is 12.3 Å². The van der Waals surface area contributed by atoms with Crippen LogP contribution in [0, 0.1) is 0 Å². The first-order chi connectivity index (χ1) is 8.66. The molecule has 1 N–H and O–H groups in total. The van der Waals surface area contributed by atoms with E-state index in [2.05, 4.69) is 34.3 Å². The minimum Gasteiger partial charge on any atom is -0.363 e. The van der Waals surface area contributed by atoms with Gasteiger partial charge in [0, 0.05) is 18.4 Å². The van der Waals surface area contributed by atoms with Crippen LogP contribution in [0.15, 0.2) is 47.8 Å². The molecule has 0 amide bonds. The first-order valence-electron chi connectivity index (χ1n) is 5.64. The first-order valence-corrected chi connectivity index (χ1v) is 7.19. The molecule has 0 saturated heterocycles. The molecule has 5 heteroatoms. The van der Waals surface area contributed by atoms with Gasteiger partial charge in [0.25, 0.3) is 0 Å². The van der Waals surface area contributed by atoms with E-state index in [4.69, 9.17) is 0 Å². The van der Waals surface area contributed by atoms with Gasteiger partial charge in [0.05, 0.1) is 10.8 Å². The van der Waals surface area contributed by atoms with Crippen LogP contribution in [0.1, 0.15) is 18.5 Å². The maximum Gasteiger partial charge on any atom is 0.132 e. The van der Waals surface area contributed by atoms with Crippen molar-refractivity contribution in [3.63, 3.8) is 0 Å². The van der Waals surface area contributed by atoms with Gasteiger partial charge in [-0.25, -0.2) is 9.97 Å². The molecule has 4 nitrogen and oxygen atoms in total. The third-order valence-electron chi connectivity index (χ3n) is 2.60. The Bertz CT molecular complexity index is 545. The monoisotopic (exact) mass is 261 g/mol. The molecule has 0 aliphatic rings. The molecule has 0 fully saturated rings. The summed E-state index contributed by atoms with van der Waals surface area (Å²) in [5.74, 6) is 0.687. The maximum atomic E-state index is 11.3. The fraction of sp³-hybridized carbons (Fsp3) is 0.231. The lowest BCUT2D eigenvalue weighted by molar-refractivity contribution is 0.683. The summed E-state index contributed by atoms with van der Waals surface area (Å²) in [6.07, 6.45) is 3.03. The minimum atomic E-state index is -1.09. The highest BCUT2D eigenvalue weighted by Gasteiger charge is 2.07. The topological polar surface area (TPSA) is 54.9 Å². The molecule has 1 heterocycles. The van der Waals surface area contributed by atoms with Crippen molar-refractivity contribution < 1.29 is 4.21 Å². The maximum absolute atomic E-state index is 11.3. The van der Waals surface area contributed by atoms with Crippen molar-refractivity contribution in [1.29, 1.82) is 0 Å². The van der Waals surface area contributed by atoms with Crippen LogP contribution in [0.3, 0.4) is 0 Å². The Morgan fingerprint density at radius 1 is 1.22 bits per heavy atom. The second-order valence-electron chi connectivity index (χ2n) is 3.97.